The predicted molar refractivity (Wildman–Crippen MR) is 126 cm³/mol. The molecule has 1 aliphatic heterocycles. The predicted octanol–water partition coefficient (Wildman–Crippen LogP) is 3.48. The molecule has 1 aromatic carbocycles. The molecule has 1 heterocycles. The van der Waals surface area contributed by atoms with Crippen LogP contribution >= 0.6 is 24.0 Å². The first-order chi connectivity index (χ1) is 13.6. The van der Waals surface area contributed by atoms with Gasteiger partial charge in [0.15, 0.2) is 5.96 Å². The Morgan fingerprint density at radius 1 is 1.21 bits per heavy atom. The van der Waals surface area contributed by atoms with Crippen molar-refractivity contribution in [2.24, 2.45) is 16.8 Å². The van der Waals surface area contributed by atoms with Crippen molar-refractivity contribution in [2.45, 2.75) is 45.1 Å². The molecule has 0 amide bonds. The first-order valence-corrected chi connectivity index (χ1v) is 10.4. The molecule has 2 fully saturated rings. The lowest BCUT2D eigenvalue weighted by Gasteiger charge is -2.21. The molecule has 2 atom stereocenters. The number of carbonyl (C=O) groups is 1. The fourth-order valence-corrected chi connectivity index (χ4v) is 4.18. The number of ether oxygens (including phenoxy) is 2. The molecular formula is C22H34IN3O3. The number of rotatable bonds is 6. The van der Waals surface area contributed by atoms with E-state index >= 15 is 0 Å². The monoisotopic (exact) mass is 515 g/mol. The normalized spacial score (nSPS) is 22.3. The quantitative estimate of drug-likeness (QED) is 0.272. The Morgan fingerprint density at radius 3 is 2.52 bits per heavy atom. The van der Waals surface area contributed by atoms with E-state index in [1.807, 2.05) is 0 Å². The van der Waals surface area contributed by atoms with Gasteiger partial charge in [-0.3, -0.25) is 9.79 Å². The van der Waals surface area contributed by atoms with Crippen molar-refractivity contribution in [3.8, 4) is 5.75 Å². The number of benzene rings is 1. The van der Waals surface area contributed by atoms with Crippen molar-refractivity contribution in [1.29, 1.82) is 0 Å². The Balaban J connectivity index is 0.00000300. The molecule has 2 unspecified atom stereocenters. The van der Waals surface area contributed by atoms with Crippen LogP contribution in [0, 0.1) is 11.8 Å². The lowest BCUT2D eigenvalue weighted by molar-refractivity contribution is -0.145. The fourth-order valence-electron chi connectivity index (χ4n) is 4.18. The highest BCUT2D eigenvalue weighted by molar-refractivity contribution is 14.0. The minimum absolute atomic E-state index is 0. The topological polar surface area (TPSA) is 63.2 Å². The number of halogens is 1. The summed E-state index contributed by atoms with van der Waals surface area (Å²) in [5.41, 5.74) is 1.27. The van der Waals surface area contributed by atoms with Gasteiger partial charge in [0, 0.05) is 26.7 Å². The summed E-state index contributed by atoms with van der Waals surface area (Å²) in [7, 11) is 3.24. The van der Waals surface area contributed by atoms with E-state index in [1.165, 1.54) is 38.4 Å². The van der Waals surface area contributed by atoms with E-state index in [0.29, 0.717) is 12.6 Å². The second kappa shape index (κ2) is 11.6. The van der Waals surface area contributed by atoms with Crippen molar-refractivity contribution in [3.05, 3.63) is 29.8 Å². The lowest BCUT2D eigenvalue weighted by atomic mass is 9.99. The molecule has 1 aromatic rings. The maximum absolute atomic E-state index is 11.9. The molecule has 29 heavy (non-hydrogen) atoms. The molecule has 1 N–H and O–H groups in total. The van der Waals surface area contributed by atoms with Gasteiger partial charge in [0.2, 0.25) is 0 Å². The number of esters is 1. The summed E-state index contributed by atoms with van der Waals surface area (Å²) in [6, 6.07) is 8.43. The smallest absolute Gasteiger partial charge is 0.310 e. The number of methoxy groups -OCH3 is 1. The average Bonchev–Trinajstić information content (AvgIpc) is 3.35. The maximum atomic E-state index is 11.9. The first-order valence-electron chi connectivity index (χ1n) is 10.4. The Bertz CT molecular complexity index is 674. The molecule has 1 saturated heterocycles. The number of hydrogen-bond acceptors (Lipinski definition) is 4. The summed E-state index contributed by atoms with van der Waals surface area (Å²) in [6.07, 6.45) is 6.23. The highest BCUT2D eigenvalue weighted by atomic mass is 127. The summed E-state index contributed by atoms with van der Waals surface area (Å²) in [5.74, 6) is 1.86. The Morgan fingerprint density at radius 2 is 1.90 bits per heavy atom. The molecule has 0 spiro atoms. The number of guanidine groups is 1. The fraction of sp³-hybridized carbons (Fsp3) is 0.636. The van der Waals surface area contributed by atoms with Gasteiger partial charge in [-0.1, -0.05) is 19.1 Å². The van der Waals surface area contributed by atoms with E-state index in [1.54, 1.807) is 7.05 Å². The number of carbonyl (C=O) groups excluding carboxylic acids is 1. The second-order valence-corrected chi connectivity index (χ2v) is 7.90. The third-order valence-electron chi connectivity index (χ3n) is 5.85. The molecule has 0 aromatic heterocycles. The SMILES string of the molecule is CN=C(NCCc1ccc(OC2CCCC2)cc1)N1CC(C)C(C(=O)OC)C1.I. The van der Waals surface area contributed by atoms with E-state index in [9.17, 15) is 4.79 Å². The van der Waals surface area contributed by atoms with Crippen molar-refractivity contribution in [2.75, 3.05) is 33.8 Å². The Labute approximate surface area is 191 Å². The van der Waals surface area contributed by atoms with Crippen LogP contribution in [0.5, 0.6) is 5.75 Å². The molecule has 0 bridgehead atoms. The van der Waals surface area contributed by atoms with Gasteiger partial charge in [0.05, 0.1) is 19.1 Å². The summed E-state index contributed by atoms with van der Waals surface area (Å²) in [5, 5.41) is 3.42. The molecule has 6 nitrogen and oxygen atoms in total. The molecule has 3 rings (SSSR count). The van der Waals surface area contributed by atoms with E-state index < -0.39 is 0 Å². The summed E-state index contributed by atoms with van der Waals surface area (Å²) >= 11 is 0. The molecule has 1 aliphatic carbocycles. The third kappa shape index (κ3) is 6.49. The molecule has 162 valence electrons. The molecular weight excluding hydrogens is 481 g/mol. The number of nitrogens with zero attached hydrogens (tertiary/aromatic N) is 2. The summed E-state index contributed by atoms with van der Waals surface area (Å²) < 4.78 is 10.9. The lowest BCUT2D eigenvalue weighted by Crippen LogP contribution is -2.41. The molecule has 0 radical (unpaired) electrons. The number of aliphatic imine (C=N–C) groups is 1. The number of hydrogen-bond donors (Lipinski definition) is 1. The van der Waals surface area contributed by atoms with Gasteiger partial charge in [0.25, 0.3) is 0 Å². The number of likely N-dealkylation sites (tertiary alicyclic amines) is 1. The van der Waals surface area contributed by atoms with Crippen LogP contribution in [0.4, 0.5) is 0 Å². The van der Waals surface area contributed by atoms with Crippen molar-refractivity contribution in [3.63, 3.8) is 0 Å². The minimum atomic E-state index is -0.134. The van der Waals surface area contributed by atoms with Gasteiger partial charge in [-0.2, -0.15) is 0 Å². The standard InChI is InChI=1S/C22H33N3O3.HI/c1-16-14-25(15-20(16)21(26)27-3)22(23-2)24-13-12-17-8-10-19(11-9-17)28-18-6-4-5-7-18;/h8-11,16,18,20H,4-7,12-15H2,1-3H3,(H,23,24);1H. The maximum Gasteiger partial charge on any atom is 0.310 e. The van der Waals surface area contributed by atoms with Crippen LogP contribution in [-0.2, 0) is 16.0 Å². The molecule has 1 saturated carbocycles. The molecule has 7 heteroatoms. The zero-order valence-electron chi connectivity index (χ0n) is 17.7. The Kier molecular flexibility index (Phi) is 9.52. The van der Waals surface area contributed by atoms with Crippen LogP contribution in [0.3, 0.4) is 0 Å². The van der Waals surface area contributed by atoms with Crippen LogP contribution < -0.4 is 10.1 Å². The van der Waals surface area contributed by atoms with Gasteiger partial charge in [-0.05, 0) is 55.7 Å². The van der Waals surface area contributed by atoms with Gasteiger partial charge in [-0.25, -0.2) is 0 Å². The largest absolute Gasteiger partial charge is 0.490 e. The van der Waals surface area contributed by atoms with Crippen LogP contribution in [-0.4, -0.2) is 56.7 Å². The number of nitrogens with one attached hydrogen (secondary N) is 1. The zero-order valence-corrected chi connectivity index (χ0v) is 20.1. The highest BCUT2D eigenvalue weighted by Gasteiger charge is 2.36. The van der Waals surface area contributed by atoms with Crippen molar-refractivity contribution >= 4 is 35.9 Å². The van der Waals surface area contributed by atoms with Crippen LogP contribution in [0.25, 0.3) is 0 Å². The van der Waals surface area contributed by atoms with Gasteiger partial charge < -0.3 is 19.7 Å². The van der Waals surface area contributed by atoms with Crippen molar-refractivity contribution in [1.82, 2.24) is 10.2 Å². The van der Waals surface area contributed by atoms with Crippen LogP contribution in [0.2, 0.25) is 0 Å². The highest BCUT2D eigenvalue weighted by Crippen LogP contribution is 2.25. The van der Waals surface area contributed by atoms with E-state index in [-0.39, 0.29) is 41.8 Å². The minimum Gasteiger partial charge on any atom is -0.490 e. The van der Waals surface area contributed by atoms with Gasteiger partial charge in [0.1, 0.15) is 5.75 Å². The van der Waals surface area contributed by atoms with E-state index in [2.05, 4.69) is 46.4 Å². The van der Waals surface area contributed by atoms with E-state index in [0.717, 1.165) is 31.2 Å². The second-order valence-electron chi connectivity index (χ2n) is 7.90. The van der Waals surface area contributed by atoms with Crippen LogP contribution in [0.15, 0.2) is 29.3 Å². The van der Waals surface area contributed by atoms with Crippen LogP contribution in [0.1, 0.15) is 38.2 Å². The van der Waals surface area contributed by atoms with Gasteiger partial charge >= 0.3 is 5.97 Å². The zero-order chi connectivity index (χ0) is 19.9. The third-order valence-corrected chi connectivity index (χ3v) is 5.85. The van der Waals surface area contributed by atoms with E-state index in [4.69, 9.17) is 9.47 Å². The van der Waals surface area contributed by atoms with Gasteiger partial charge in [-0.15, -0.1) is 24.0 Å². The first kappa shape index (κ1) is 23.8. The Hall–Kier alpha value is -1.51. The average molecular weight is 515 g/mol. The summed E-state index contributed by atoms with van der Waals surface area (Å²) in [6.45, 7) is 4.35. The van der Waals surface area contributed by atoms with Crippen molar-refractivity contribution < 1.29 is 14.3 Å². The molecule has 2 aliphatic rings. The summed E-state index contributed by atoms with van der Waals surface area (Å²) in [4.78, 5) is 18.4.